The molecule has 0 bridgehead atoms. The van der Waals surface area contributed by atoms with E-state index in [-0.39, 0.29) is 0 Å². The van der Waals surface area contributed by atoms with Gasteiger partial charge in [-0.1, -0.05) is 12.2 Å². The summed E-state index contributed by atoms with van der Waals surface area (Å²) in [5.41, 5.74) is 0. The molecule has 0 fully saturated rings. The van der Waals surface area contributed by atoms with E-state index in [1.54, 1.807) is 12.2 Å². The maximum atomic E-state index is 5.42. The second-order valence-electron chi connectivity index (χ2n) is 2.57. The monoisotopic (exact) mass is 254 g/mol. The lowest BCUT2D eigenvalue weighted by molar-refractivity contribution is 0.0569. The molecule has 13 heavy (non-hydrogen) atoms. The molecule has 0 aliphatic rings. The zero-order chi connectivity index (χ0) is 10.5. The van der Waals surface area contributed by atoms with Crippen molar-refractivity contribution in [3.8, 4) is 0 Å². The van der Waals surface area contributed by atoms with Crippen LogP contribution in [0.15, 0.2) is 25.3 Å². The Balaban J connectivity index is 4.22. The first kappa shape index (κ1) is 13.8. The first-order valence-corrected chi connectivity index (χ1v) is 5.43. The van der Waals surface area contributed by atoms with Crippen molar-refractivity contribution in [2.75, 3.05) is 0 Å². The molecule has 0 unspecified atom stereocenters. The summed E-state index contributed by atoms with van der Waals surface area (Å²) in [6.45, 7) is 7.15. The zero-order valence-corrected chi connectivity index (χ0v) is 10.8. The molecule has 0 aromatic rings. The zero-order valence-electron chi connectivity index (χ0n) is 7.18. The van der Waals surface area contributed by atoms with E-state index in [9.17, 15) is 0 Å². The van der Waals surface area contributed by atoms with Crippen LogP contribution < -0.4 is 0 Å². The summed E-state index contributed by atoms with van der Waals surface area (Å²) >= 11 is 16.8. The Morgan fingerprint density at radius 2 is 1.23 bits per heavy atom. The van der Waals surface area contributed by atoms with E-state index in [2.05, 4.69) is 63.7 Å². The molecule has 0 aliphatic heterocycles. The molecule has 0 amide bonds. The van der Waals surface area contributed by atoms with Crippen molar-refractivity contribution in [3.63, 3.8) is 0 Å². The molecule has 0 atom stereocenters. The number of hydrogen-bond donors (Lipinski definition) is 4. The summed E-state index contributed by atoms with van der Waals surface area (Å²) in [6.07, 6.45) is 4.34. The minimum Gasteiger partial charge on any atom is -0.329 e. The van der Waals surface area contributed by atoms with E-state index in [1.807, 2.05) is 0 Å². The van der Waals surface area contributed by atoms with Crippen LogP contribution >= 0.6 is 50.5 Å². The quantitative estimate of drug-likeness (QED) is 0.323. The summed E-state index contributed by atoms with van der Waals surface area (Å²) < 4.78 is 3.63. The highest BCUT2D eigenvalue weighted by Gasteiger charge is 2.30. The standard InChI is InChI=1S/C8H14OS4/c1-3-5-7(10,11)9-8(12,13)6-4-2/h3-4,10-13H,1-2,5-6H2. The summed E-state index contributed by atoms with van der Waals surface area (Å²) in [5.74, 6) is 0. The van der Waals surface area contributed by atoms with Gasteiger partial charge in [0.25, 0.3) is 0 Å². The second kappa shape index (κ2) is 5.66. The van der Waals surface area contributed by atoms with Gasteiger partial charge in [-0.2, -0.15) is 0 Å². The van der Waals surface area contributed by atoms with Crippen LogP contribution in [0.25, 0.3) is 0 Å². The van der Waals surface area contributed by atoms with Crippen molar-refractivity contribution in [3.05, 3.63) is 25.3 Å². The Labute approximate surface area is 102 Å². The molecule has 0 aromatic heterocycles. The lowest BCUT2D eigenvalue weighted by Crippen LogP contribution is -2.29. The average Bonchev–Trinajstić information content (AvgIpc) is 1.82. The smallest absolute Gasteiger partial charge is 0.161 e. The lowest BCUT2D eigenvalue weighted by Gasteiger charge is -2.31. The number of thiol groups is 4. The third kappa shape index (κ3) is 6.85. The molecular weight excluding hydrogens is 240 g/mol. The highest BCUT2D eigenvalue weighted by Crippen LogP contribution is 2.37. The fraction of sp³-hybridized carbons (Fsp3) is 0.500. The van der Waals surface area contributed by atoms with Gasteiger partial charge in [-0.15, -0.1) is 63.7 Å². The van der Waals surface area contributed by atoms with Crippen LogP contribution in [0.4, 0.5) is 0 Å². The number of ether oxygens (including phenoxy) is 1. The second-order valence-corrected chi connectivity index (χ2v) is 6.17. The molecule has 0 saturated carbocycles. The van der Waals surface area contributed by atoms with Gasteiger partial charge < -0.3 is 4.74 Å². The summed E-state index contributed by atoms with van der Waals surface area (Å²) in [7, 11) is 0. The van der Waals surface area contributed by atoms with Crippen molar-refractivity contribution < 1.29 is 4.74 Å². The molecule has 1 nitrogen and oxygen atoms in total. The van der Waals surface area contributed by atoms with Gasteiger partial charge in [-0.3, -0.25) is 0 Å². The fourth-order valence-electron chi connectivity index (χ4n) is 0.721. The molecule has 5 heteroatoms. The van der Waals surface area contributed by atoms with Gasteiger partial charge in [0.05, 0.1) is 0 Å². The predicted octanol–water partition coefficient (Wildman–Crippen LogP) is 3.18. The molecule has 76 valence electrons. The maximum absolute atomic E-state index is 5.42. The molecule has 0 N–H and O–H groups in total. The van der Waals surface area contributed by atoms with Gasteiger partial charge in [0, 0.05) is 12.8 Å². The first-order chi connectivity index (χ1) is 5.83. The SMILES string of the molecule is C=CCC(S)(S)OC(S)(S)CC=C. The molecule has 0 aromatic carbocycles. The van der Waals surface area contributed by atoms with Crippen LogP contribution in [-0.4, -0.2) is 8.53 Å². The molecule has 0 saturated heterocycles. The van der Waals surface area contributed by atoms with Gasteiger partial charge in [0.15, 0.2) is 8.53 Å². The van der Waals surface area contributed by atoms with Crippen LogP contribution in [0, 0.1) is 0 Å². The van der Waals surface area contributed by atoms with Gasteiger partial charge in [0.2, 0.25) is 0 Å². The van der Waals surface area contributed by atoms with E-state index < -0.39 is 8.53 Å². The Bertz CT molecular complexity index is 169. The van der Waals surface area contributed by atoms with Crippen LogP contribution in [0.1, 0.15) is 12.8 Å². The number of hydrogen-bond acceptors (Lipinski definition) is 5. The lowest BCUT2D eigenvalue weighted by atomic mass is 10.4. The highest BCUT2D eigenvalue weighted by molar-refractivity contribution is 8.01. The largest absolute Gasteiger partial charge is 0.329 e. The number of rotatable bonds is 6. The van der Waals surface area contributed by atoms with Crippen molar-refractivity contribution in [1.29, 1.82) is 0 Å². The van der Waals surface area contributed by atoms with Gasteiger partial charge >= 0.3 is 0 Å². The normalized spacial score (nSPS) is 12.6. The van der Waals surface area contributed by atoms with Crippen molar-refractivity contribution in [2.45, 2.75) is 21.4 Å². The molecule has 0 aliphatic carbocycles. The summed E-state index contributed by atoms with van der Waals surface area (Å²) in [5, 5.41) is 0. The molecule has 0 radical (unpaired) electrons. The van der Waals surface area contributed by atoms with Crippen molar-refractivity contribution >= 4 is 50.5 Å². The fourth-order valence-corrected chi connectivity index (χ4v) is 2.15. The van der Waals surface area contributed by atoms with Gasteiger partial charge in [-0.25, -0.2) is 0 Å². The third-order valence-electron chi connectivity index (χ3n) is 1.15. The van der Waals surface area contributed by atoms with Crippen LogP contribution in [0.2, 0.25) is 0 Å². The molecule has 0 heterocycles. The van der Waals surface area contributed by atoms with E-state index in [4.69, 9.17) is 4.74 Å². The van der Waals surface area contributed by atoms with E-state index in [1.165, 1.54) is 0 Å². The Morgan fingerprint density at radius 1 is 0.923 bits per heavy atom. The van der Waals surface area contributed by atoms with Crippen molar-refractivity contribution in [2.24, 2.45) is 0 Å². The van der Waals surface area contributed by atoms with Crippen molar-refractivity contribution in [1.82, 2.24) is 0 Å². The Morgan fingerprint density at radius 3 is 1.46 bits per heavy atom. The predicted molar refractivity (Wildman–Crippen MR) is 72.1 cm³/mol. The molecule has 0 rings (SSSR count). The van der Waals surface area contributed by atoms with E-state index >= 15 is 0 Å². The van der Waals surface area contributed by atoms with Crippen LogP contribution in [0.5, 0.6) is 0 Å². The maximum Gasteiger partial charge on any atom is 0.161 e. The van der Waals surface area contributed by atoms with E-state index in [0.717, 1.165) is 0 Å². The topological polar surface area (TPSA) is 9.23 Å². The summed E-state index contributed by atoms with van der Waals surface area (Å²) in [4.78, 5) is 0. The first-order valence-electron chi connectivity index (χ1n) is 3.64. The Hall–Kier alpha value is 0.840. The van der Waals surface area contributed by atoms with Crippen LogP contribution in [-0.2, 0) is 4.74 Å². The summed E-state index contributed by atoms with van der Waals surface area (Å²) in [6, 6.07) is 0. The molecular formula is C8H14OS4. The minimum absolute atomic E-state index is 0.499. The van der Waals surface area contributed by atoms with Crippen LogP contribution in [0.3, 0.4) is 0 Å². The Kier molecular flexibility index (Phi) is 6.02. The highest BCUT2D eigenvalue weighted by atomic mass is 32.2. The minimum atomic E-state index is -0.895. The third-order valence-corrected chi connectivity index (χ3v) is 2.24. The van der Waals surface area contributed by atoms with Gasteiger partial charge in [-0.05, 0) is 0 Å². The molecule has 0 spiro atoms. The van der Waals surface area contributed by atoms with Gasteiger partial charge in [0.1, 0.15) is 0 Å². The average molecular weight is 254 g/mol. The van der Waals surface area contributed by atoms with E-state index in [0.29, 0.717) is 12.8 Å².